The largest absolute Gasteiger partial charge is 0.389 e. The van der Waals surface area contributed by atoms with Crippen LogP contribution in [0.2, 0.25) is 0 Å². The Labute approximate surface area is 132 Å². The van der Waals surface area contributed by atoms with E-state index in [-0.39, 0.29) is 0 Å². The second-order valence-electron chi connectivity index (χ2n) is 6.05. The van der Waals surface area contributed by atoms with Gasteiger partial charge in [-0.25, -0.2) is 0 Å². The van der Waals surface area contributed by atoms with Gasteiger partial charge < -0.3 is 10.0 Å². The minimum atomic E-state index is -0.833. The van der Waals surface area contributed by atoms with E-state index in [4.69, 9.17) is 1.37 Å². The minimum absolute atomic E-state index is 0.392. The first-order valence-electron chi connectivity index (χ1n) is 7.84. The van der Waals surface area contributed by atoms with Crippen LogP contribution in [0, 0.1) is 0 Å². The minimum Gasteiger partial charge on any atom is -0.389 e. The van der Waals surface area contributed by atoms with Crippen LogP contribution in [0.5, 0.6) is 0 Å². The molecule has 0 unspecified atom stereocenters. The Bertz CT molecular complexity index is 812. The van der Waals surface area contributed by atoms with Crippen molar-refractivity contribution in [3.8, 4) is 0 Å². The molecule has 3 nitrogen and oxygen atoms in total. The molecule has 2 aromatic carbocycles. The molecule has 1 aromatic heterocycles. The number of hydrogen-bond donors (Lipinski definition) is 1. The summed E-state index contributed by atoms with van der Waals surface area (Å²) in [6.07, 6.45) is 1.55. The summed E-state index contributed by atoms with van der Waals surface area (Å²) in [4.78, 5) is 6.35. The third-order valence-corrected chi connectivity index (χ3v) is 3.45. The SMILES string of the molecule is [2H]c1cnc2ccc(N(CC(C)(C)O)c3ccccc3)cc2c1. The van der Waals surface area contributed by atoms with Gasteiger partial charge in [-0.2, -0.15) is 0 Å². The molecule has 0 aliphatic rings. The second kappa shape index (κ2) is 5.78. The molecule has 0 amide bonds. The maximum atomic E-state index is 10.3. The average molecular weight is 293 g/mol. The van der Waals surface area contributed by atoms with Gasteiger partial charge in [-0.05, 0) is 50.2 Å². The molecule has 0 aliphatic heterocycles. The molecule has 0 saturated heterocycles. The lowest BCUT2D eigenvalue weighted by Gasteiger charge is -2.31. The van der Waals surface area contributed by atoms with Gasteiger partial charge in [-0.15, -0.1) is 0 Å². The van der Waals surface area contributed by atoms with Gasteiger partial charge in [0.15, 0.2) is 0 Å². The number of fused-ring (bicyclic) bond motifs is 1. The Morgan fingerprint density at radius 2 is 1.86 bits per heavy atom. The Kier molecular flexibility index (Phi) is 3.49. The standard InChI is InChI=1S/C19H20N2O/c1-19(2,22)14-21(16-8-4-3-5-9-16)17-10-11-18-15(13-17)7-6-12-20-18/h3-13,22H,14H2,1-2H3/i6D. The van der Waals surface area contributed by atoms with Gasteiger partial charge in [0.05, 0.1) is 19.0 Å². The van der Waals surface area contributed by atoms with E-state index in [1.165, 1.54) is 0 Å². The summed E-state index contributed by atoms with van der Waals surface area (Å²) in [5.74, 6) is 0. The van der Waals surface area contributed by atoms with Crippen molar-refractivity contribution in [3.05, 3.63) is 66.8 Å². The first-order valence-corrected chi connectivity index (χ1v) is 7.34. The quantitative estimate of drug-likeness (QED) is 0.785. The predicted molar refractivity (Wildman–Crippen MR) is 91.5 cm³/mol. The molecule has 0 spiro atoms. The zero-order chi connectivity index (χ0) is 16.4. The van der Waals surface area contributed by atoms with E-state index in [1.807, 2.05) is 48.5 Å². The van der Waals surface area contributed by atoms with E-state index in [0.29, 0.717) is 12.6 Å². The Morgan fingerprint density at radius 3 is 2.59 bits per heavy atom. The molecular formula is C19H20N2O. The van der Waals surface area contributed by atoms with Crippen LogP contribution in [-0.2, 0) is 0 Å². The van der Waals surface area contributed by atoms with Gasteiger partial charge in [0.25, 0.3) is 0 Å². The molecule has 3 heteroatoms. The van der Waals surface area contributed by atoms with Crippen LogP contribution >= 0.6 is 0 Å². The van der Waals surface area contributed by atoms with Crippen LogP contribution < -0.4 is 4.90 Å². The number of aromatic nitrogens is 1. The summed E-state index contributed by atoms with van der Waals surface area (Å²) < 4.78 is 7.75. The fraction of sp³-hybridized carbons (Fsp3) is 0.211. The van der Waals surface area contributed by atoms with Crippen LogP contribution in [-0.4, -0.2) is 22.2 Å². The molecule has 0 saturated carbocycles. The van der Waals surface area contributed by atoms with Gasteiger partial charge in [0.2, 0.25) is 0 Å². The fourth-order valence-corrected chi connectivity index (χ4v) is 2.50. The fourth-order valence-electron chi connectivity index (χ4n) is 2.50. The maximum Gasteiger partial charge on any atom is 0.0770 e. The van der Waals surface area contributed by atoms with E-state index >= 15 is 0 Å². The Balaban J connectivity index is 2.09. The molecule has 0 aliphatic carbocycles. The van der Waals surface area contributed by atoms with Crippen LogP contribution in [0.25, 0.3) is 10.9 Å². The van der Waals surface area contributed by atoms with Crippen LogP contribution in [0.1, 0.15) is 15.2 Å². The first-order chi connectivity index (χ1) is 10.9. The van der Waals surface area contributed by atoms with Gasteiger partial charge in [0.1, 0.15) is 0 Å². The molecule has 1 N–H and O–H groups in total. The number of aliphatic hydroxyl groups is 1. The van der Waals surface area contributed by atoms with E-state index in [1.54, 1.807) is 26.1 Å². The number of hydrogen-bond acceptors (Lipinski definition) is 3. The van der Waals surface area contributed by atoms with Crippen molar-refractivity contribution in [2.45, 2.75) is 19.4 Å². The Morgan fingerprint density at radius 1 is 1.09 bits per heavy atom. The molecule has 3 aromatic rings. The molecule has 0 radical (unpaired) electrons. The smallest absolute Gasteiger partial charge is 0.0770 e. The van der Waals surface area contributed by atoms with E-state index in [9.17, 15) is 5.11 Å². The molecule has 0 fully saturated rings. The summed E-state index contributed by atoms with van der Waals surface area (Å²) in [7, 11) is 0. The highest BCUT2D eigenvalue weighted by Crippen LogP contribution is 2.29. The van der Waals surface area contributed by atoms with Crippen molar-refractivity contribution in [1.29, 1.82) is 0 Å². The van der Waals surface area contributed by atoms with Gasteiger partial charge in [0, 0.05) is 23.0 Å². The third kappa shape index (κ3) is 3.26. The number of benzene rings is 2. The maximum absolute atomic E-state index is 10.3. The van der Waals surface area contributed by atoms with Crippen molar-refractivity contribution in [2.75, 3.05) is 11.4 Å². The van der Waals surface area contributed by atoms with Crippen molar-refractivity contribution < 1.29 is 6.48 Å². The molecule has 3 rings (SSSR count). The zero-order valence-corrected chi connectivity index (χ0v) is 12.8. The molecule has 22 heavy (non-hydrogen) atoms. The Hall–Kier alpha value is -2.39. The summed E-state index contributed by atoms with van der Waals surface area (Å²) in [6, 6.07) is 18.1. The normalized spacial score (nSPS) is 12.2. The summed E-state index contributed by atoms with van der Waals surface area (Å²) >= 11 is 0. The van der Waals surface area contributed by atoms with Crippen molar-refractivity contribution in [3.63, 3.8) is 0 Å². The highest BCUT2D eigenvalue weighted by Gasteiger charge is 2.20. The monoisotopic (exact) mass is 293 g/mol. The lowest BCUT2D eigenvalue weighted by Crippen LogP contribution is -2.35. The van der Waals surface area contributed by atoms with Crippen LogP contribution in [0.15, 0.2) is 66.8 Å². The highest BCUT2D eigenvalue weighted by atomic mass is 16.3. The first kappa shape index (κ1) is 13.3. The van der Waals surface area contributed by atoms with Crippen molar-refractivity contribution in [2.24, 2.45) is 0 Å². The third-order valence-electron chi connectivity index (χ3n) is 3.45. The van der Waals surface area contributed by atoms with Crippen molar-refractivity contribution in [1.82, 2.24) is 4.98 Å². The highest BCUT2D eigenvalue weighted by molar-refractivity contribution is 5.83. The molecule has 0 bridgehead atoms. The summed E-state index contributed by atoms with van der Waals surface area (Å²) in [5.41, 5.74) is 2.02. The lowest BCUT2D eigenvalue weighted by molar-refractivity contribution is 0.0898. The number of anilines is 2. The number of pyridine rings is 1. The van der Waals surface area contributed by atoms with Gasteiger partial charge in [-0.3, -0.25) is 4.98 Å². The zero-order valence-electron chi connectivity index (χ0n) is 13.8. The summed E-state index contributed by atoms with van der Waals surface area (Å²) in [5, 5.41) is 11.2. The molecule has 1 heterocycles. The number of rotatable bonds is 4. The molecular weight excluding hydrogens is 272 g/mol. The van der Waals surface area contributed by atoms with Crippen LogP contribution in [0.3, 0.4) is 0 Å². The van der Waals surface area contributed by atoms with E-state index in [0.717, 1.165) is 22.3 Å². The average Bonchev–Trinajstić information content (AvgIpc) is 2.52. The molecule has 112 valence electrons. The number of para-hydroxylation sites is 1. The summed E-state index contributed by atoms with van der Waals surface area (Å²) in [6.45, 7) is 4.07. The second-order valence-corrected chi connectivity index (χ2v) is 6.05. The van der Waals surface area contributed by atoms with Gasteiger partial charge in [-0.1, -0.05) is 24.3 Å². The van der Waals surface area contributed by atoms with Crippen molar-refractivity contribution >= 4 is 22.3 Å². The van der Waals surface area contributed by atoms with Gasteiger partial charge >= 0.3 is 0 Å². The van der Waals surface area contributed by atoms with E-state index < -0.39 is 5.60 Å². The lowest BCUT2D eigenvalue weighted by atomic mass is 10.1. The predicted octanol–water partition coefficient (Wildman–Crippen LogP) is 4.14. The van der Waals surface area contributed by atoms with E-state index in [2.05, 4.69) is 9.88 Å². The number of nitrogens with zero attached hydrogens (tertiary/aromatic N) is 2. The molecule has 0 atom stereocenters. The van der Waals surface area contributed by atoms with Crippen LogP contribution in [0.4, 0.5) is 11.4 Å². The topological polar surface area (TPSA) is 36.4 Å².